The number of aryl methyl sites for hydroxylation is 1. The van der Waals surface area contributed by atoms with Crippen LogP contribution in [0.5, 0.6) is 5.75 Å². The number of methoxy groups -OCH3 is 1. The molecule has 0 spiro atoms. The van der Waals surface area contributed by atoms with Gasteiger partial charge in [0.1, 0.15) is 0 Å². The molecule has 0 bridgehead atoms. The van der Waals surface area contributed by atoms with Crippen molar-refractivity contribution in [2.45, 2.75) is 13.3 Å². The number of allylic oxidation sites excluding steroid dienone is 3. The van der Waals surface area contributed by atoms with E-state index in [1.807, 2.05) is 19.1 Å². The van der Waals surface area contributed by atoms with Gasteiger partial charge in [-0.15, -0.1) is 0 Å². The Morgan fingerprint density at radius 1 is 1.40 bits per heavy atom. The molecule has 0 aliphatic rings. The van der Waals surface area contributed by atoms with Crippen LogP contribution in [-0.2, 0) is 6.42 Å². The zero-order chi connectivity index (χ0) is 17.4. The predicted octanol–water partition coefficient (Wildman–Crippen LogP) is 1.20. The number of nitrogens with zero attached hydrogens (tertiary/aromatic N) is 2. The van der Waals surface area contributed by atoms with Gasteiger partial charge in [0, 0.05) is 11.6 Å². The molecule has 0 atom stereocenters. The van der Waals surface area contributed by atoms with Crippen molar-refractivity contribution in [2.24, 2.45) is 0 Å². The molecule has 25 heavy (non-hydrogen) atoms. The number of nitrogens with one attached hydrogen (secondary N) is 1. The minimum atomic E-state index is 0. The predicted molar refractivity (Wildman–Crippen MR) is 98.4 cm³/mol. The molecule has 1 aromatic carbocycles. The summed E-state index contributed by atoms with van der Waals surface area (Å²) in [7, 11) is 1.59. The largest absolute Gasteiger partial charge is 1.00 e. The van der Waals surface area contributed by atoms with Crippen LogP contribution in [0.2, 0.25) is 5.02 Å². The monoisotopic (exact) mass is 380 g/mol. The molecular weight excluding hydrogens is 361 g/mol. The smallest absolute Gasteiger partial charge is 0.491 e. The Kier molecular flexibility index (Phi) is 10.4. The standard InChI is InChI=1S/C19H20ClN3O.K/c1-4-5-6-7-18-22-13-17(24-3)19(23-18)21-11-10-15-9-8-14(2)12-16(15)20;/h1,4-9,12-13H,10-11H2,2-3H3,(H,21,22,23);/q-2;+1/b6-5-;. The van der Waals surface area contributed by atoms with E-state index in [-0.39, 0.29) is 51.4 Å². The van der Waals surface area contributed by atoms with Gasteiger partial charge in [0.25, 0.3) is 0 Å². The van der Waals surface area contributed by atoms with Gasteiger partial charge >= 0.3 is 51.4 Å². The maximum absolute atomic E-state index is 6.26. The molecule has 6 heteroatoms. The molecule has 0 aliphatic carbocycles. The third-order valence-electron chi connectivity index (χ3n) is 3.36. The molecule has 1 heterocycles. The van der Waals surface area contributed by atoms with Gasteiger partial charge in [-0.3, -0.25) is 11.6 Å². The molecule has 0 aliphatic heterocycles. The average molecular weight is 381 g/mol. The summed E-state index contributed by atoms with van der Waals surface area (Å²) in [5.41, 5.74) is 2.24. The van der Waals surface area contributed by atoms with Crippen molar-refractivity contribution in [3.8, 4) is 5.75 Å². The van der Waals surface area contributed by atoms with Gasteiger partial charge in [0.2, 0.25) is 0 Å². The van der Waals surface area contributed by atoms with Crippen molar-refractivity contribution < 1.29 is 56.1 Å². The number of aromatic nitrogens is 2. The number of hydrogen-bond acceptors (Lipinski definition) is 4. The summed E-state index contributed by atoms with van der Waals surface area (Å²) in [6.07, 6.45) is 9.13. The zero-order valence-electron chi connectivity index (χ0n) is 14.8. The first-order chi connectivity index (χ1) is 11.6. The Balaban J connectivity index is 0.00000312. The first kappa shape index (κ1) is 22.2. The summed E-state index contributed by atoms with van der Waals surface area (Å²) in [6.45, 7) is 8.00. The number of rotatable bonds is 8. The third-order valence-corrected chi connectivity index (χ3v) is 3.71. The molecule has 0 saturated heterocycles. The van der Waals surface area contributed by atoms with Gasteiger partial charge in [-0.2, -0.15) is 6.42 Å². The Labute approximate surface area is 197 Å². The first-order valence-corrected chi connectivity index (χ1v) is 7.96. The van der Waals surface area contributed by atoms with Gasteiger partial charge in [-0.1, -0.05) is 23.7 Å². The van der Waals surface area contributed by atoms with Crippen molar-refractivity contribution in [3.63, 3.8) is 0 Å². The summed E-state index contributed by atoms with van der Waals surface area (Å²) in [5, 5.41) is 4.06. The Bertz CT molecular complexity index is 735. The van der Waals surface area contributed by atoms with Crippen LogP contribution >= 0.6 is 11.6 Å². The fourth-order valence-corrected chi connectivity index (χ4v) is 2.45. The van der Waals surface area contributed by atoms with Crippen LogP contribution in [0.4, 0.5) is 5.82 Å². The zero-order valence-corrected chi connectivity index (χ0v) is 18.7. The Hall–Kier alpha value is -0.824. The number of hydrogen-bond donors (Lipinski definition) is 1. The molecule has 2 rings (SSSR count). The van der Waals surface area contributed by atoms with E-state index in [1.54, 1.807) is 31.9 Å². The van der Waals surface area contributed by atoms with Gasteiger partial charge in [0.05, 0.1) is 19.1 Å². The van der Waals surface area contributed by atoms with Crippen LogP contribution in [0.3, 0.4) is 0 Å². The van der Waals surface area contributed by atoms with Crippen LogP contribution in [0, 0.1) is 19.9 Å². The number of anilines is 1. The second-order valence-electron chi connectivity index (χ2n) is 5.16. The van der Waals surface area contributed by atoms with E-state index < -0.39 is 0 Å². The molecule has 0 amide bonds. The molecule has 0 saturated carbocycles. The average Bonchev–Trinajstić information content (AvgIpc) is 2.57. The van der Waals surface area contributed by atoms with E-state index in [9.17, 15) is 0 Å². The fourth-order valence-electron chi connectivity index (χ4n) is 2.12. The van der Waals surface area contributed by atoms with Crippen molar-refractivity contribution >= 4 is 17.4 Å². The Morgan fingerprint density at radius 2 is 2.20 bits per heavy atom. The van der Waals surface area contributed by atoms with Crippen LogP contribution in [0.1, 0.15) is 17.0 Å². The molecule has 0 radical (unpaired) electrons. The van der Waals surface area contributed by atoms with Gasteiger partial charge in [0.15, 0.2) is 11.6 Å². The SMILES string of the molecule is [CH-]=C/C=C\[CH-]c1ncc(OC)c(NCCc2ccc(C)cc2Cl)n1.[K+]. The summed E-state index contributed by atoms with van der Waals surface area (Å²) in [6, 6.07) is 6.07. The maximum atomic E-state index is 6.26. The van der Waals surface area contributed by atoms with E-state index in [0.717, 1.165) is 22.6 Å². The normalized spacial score (nSPS) is 10.2. The van der Waals surface area contributed by atoms with E-state index in [1.165, 1.54) is 6.08 Å². The van der Waals surface area contributed by atoms with Crippen LogP contribution < -0.4 is 61.4 Å². The summed E-state index contributed by atoms with van der Waals surface area (Å²) in [4.78, 5) is 8.65. The third kappa shape index (κ3) is 7.13. The van der Waals surface area contributed by atoms with Gasteiger partial charge in [-0.25, -0.2) is 23.2 Å². The first-order valence-electron chi connectivity index (χ1n) is 7.59. The van der Waals surface area contributed by atoms with Crippen molar-refractivity contribution in [1.82, 2.24) is 9.97 Å². The quantitative estimate of drug-likeness (QED) is 0.425. The maximum Gasteiger partial charge on any atom is 1.00 e. The molecule has 2 aromatic rings. The molecule has 0 unspecified atom stereocenters. The van der Waals surface area contributed by atoms with Gasteiger partial charge in [-0.05, 0) is 30.5 Å². The molecule has 4 nitrogen and oxygen atoms in total. The molecule has 1 aromatic heterocycles. The van der Waals surface area contributed by atoms with E-state index in [4.69, 9.17) is 22.9 Å². The van der Waals surface area contributed by atoms with Crippen LogP contribution in [-0.4, -0.2) is 23.6 Å². The minimum absolute atomic E-state index is 0. The topological polar surface area (TPSA) is 47.0 Å². The van der Waals surface area contributed by atoms with E-state index >= 15 is 0 Å². The number of halogens is 1. The second kappa shape index (κ2) is 11.7. The van der Waals surface area contributed by atoms with E-state index in [2.05, 4.69) is 21.4 Å². The second-order valence-corrected chi connectivity index (χ2v) is 5.57. The molecule has 1 N–H and O–H groups in total. The van der Waals surface area contributed by atoms with Crippen LogP contribution in [0.25, 0.3) is 0 Å². The summed E-state index contributed by atoms with van der Waals surface area (Å²) in [5.74, 6) is 1.81. The summed E-state index contributed by atoms with van der Waals surface area (Å²) < 4.78 is 5.30. The fraction of sp³-hybridized carbons (Fsp3) is 0.211. The van der Waals surface area contributed by atoms with Crippen molar-refractivity contribution in [3.05, 3.63) is 77.6 Å². The van der Waals surface area contributed by atoms with E-state index in [0.29, 0.717) is 23.9 Å². The number of benzene rings is 1. The molecular formula is C19H20ClKN3O-. The minimum Gasteiger partial charge on any atom is -0.491 e. The van der Waals surface area contributed by atoms with Crippen molar-refractivity contribution in [2.75, 3.05) is 19.0 Å². The van der Waals surface area contributed by atoms with Crippen LogP contribution in [0.15, 0.2) is 42.6 Å². The molecule has 0 fully saturated rings. The van der Waals surface area contributed by atoms with Crippen molar-refractivity contribution in [1.29, 1.82) is 0 Å². The molecule has 126 valence electrons. The Morgan fingerprint density at radius 3 is 2.88 bits per heavy atom. The van der Waals surface area contributed by atoms with Gasteiger partial charge < -0.3 is 10.1 Å². The number of ether oxygens (including phenoxy) is 1. The summed E-state index contributed by atoms with van der Waals surface area (Å²) >= 11 is 6.26.